The van der Waals surface area contributed by atoms with Gasteiger partial charge in [0.25, 0.3) is 5.69 Å². The Balaban J connectivity index is 2.65. The van der Waals surface area contributed by atoms with E-state index in [1.807, 2.05) is 6.07 Å². The Hall–Kier alpha value is -2.00. The number of fused-ring (bicyclic) bond motifs is 1. The molecule has 0 unspecified atom stereocenters. The van der Waals surface area contributed by atoms with E-state index in [9.17, 15) is 10.1 Å². The molecule has 1 heterocycles. The molecule has 15 heavy (non-hydrogen) atoms. The van der Waals surface area contributed by atoms with Crippen molar-refractivity contribution < 1.29 is 4.92 Å². The van der Waals surface area contributed by atoms with Crippen LogP contribution in [0.4, 0.5) is 5.69 Å². The van der Waals surface area contributed by atoms with Crippen molar-refractivity contribution in [3.05, 3.63) is 33.3 Å². The Morgan fingerprint density at radius 3 is 3.07 bits per heavy atom. The lowest BCUT2D eigenvalue weighted by Crippen LogP contribution is -1.88. The molecule has 0 saturated carbocycles. The summed E-state index contributed by atoms with van der Waals surface area (Å²) in [4.78, 5) is 14.3. The molecule has 0 fully saturated rings. The number of para-hydroxylation sites is 1. The van der Waals surface area contributed by atoms with Crippen molar-refractivity contribution in [2.75, 3.05) is 0 Å². The molecule has 5 nitrogen and oxygen atoms in total. The van der Waals surface area contributed by atoms with Crippen LogP contribution in [0, 0.1) is 21.4 Å². The quantitative estimate of drug-likeness (QED) is 0.573. The molecular formula is C9H5N3O2S. The van der Waals surface area contributed by atoms with Gasteiger partial charge in [-0.15, -0.1) is 11.3 Å². The molecule has 0 amide bonds. The van der Waals surface area contributed by atoms with Gasteiger partial charge in [0.05, 0.1) is 22.1 Å². The molecule has 0 radical (unpaired) electrons. The summed E-state index contributed by atoms with van der Waals surface area (Å²) < 4.78 is 0.745. The maximum absolute atomic E-state index is 10.7. The first-order valence-electron chi connectivity index (χ1n) is 4.12. The van der Waals surface area contributed by atoms with Crippen LogP contribution in [0.25, 0.3) is 10.2 Å². The van der Waals surface area contributed by atoms with E-state index in [1.54, 1.807) is 12.1 Å². The van der Waals surface area contributed by atoms with Gasteiger partial charge in [0, 0.05) is 6.07 Å². The van der Waals surface area contributed by atoms with Gasteiger partial charge >= 0.3 is 0 Å². The van der Waals surface area contributed by atoms with Crippen LogP contribution in [0.2, 0.25) is 0 Å². The number of nitrogens with zero attached hydrogens (tertiary/aromatic N) is 3. The fourth-order valence-corrected chi connectivity index (χ4v) is 2.19. The summed E-state index contributed by atoms with van der Waals surface area (Å²) in [6.07, 6.45) is 0.191. The molecule has 0 atom stereocenters. The first-order chi connectivity index (χ1) is 7.22. The smallest absolute Gasteiger partial charge is 0.258 e. The number of hydrogen-bond acceptors (Lipinski definition) is 5. The SMILES string of the molecule is N#CCc1nc2c([N+](=O)[O-])cccc2s1. The van der Waals surface area contributed by atoms with Gasteiger partial charge in [-0.1, -0.05) is 6.07 Å². The lowest BCUT2D eigenvalue weighted by Gasteiger charge is -1.90. The maximum atomic E-state index is 10.7. The van der Waals surface area contributed by atoms with Gasteiger partial charge < -0.3 is 0 Å². The summed E-state index contributed by atoms with van der Waals surface area (Å²) >= 11 is 1.32. The van der Waals surface area contributed by atoms with Gasteiger partial charge in [0.1, 0.15) is 5.01 Å². The highest BCUT2D eigenvalue weighted by atomic mass is 32.1. The van der Waals surface area contributed by atoms with Crippen molar-refractivity contribution in [1.82, 2.24) is 4.98 Å². The molecule has 6 heteroatoms. The number of nitro groups is 1. The van der Waals surface area contributed by atoms with E-state index in [-0.39, 0.29) is 12.1 Å². The highest BCUT2D eigenvalue weighted by molar-refractivity contribution is 7.18. The predicted octanol–water partition coefficient (Wildman–Crippen LogP) is 2.27. The molecule has 0 N–H and O–H groups in total. The first-order valence-corrected chi connectivity index (χ1v) is 4.94. The van der Waals surface area contributed by atoms with E-state index in [0.717, 1.165) is 4.70 Å². The van der Waals surface area contributed by atoms with Crippen LogP contribution in [0.15, 0.2) is 18.2 Å². The highest BCUT2D eigenvalue weighted by Crippen LogP contribution is 2.29. The molecule has 0 saturated heterocycles. The molecule has 74 valence electrons. The summed E-state index contributed by atoms with van der Waals surface area (Å²) in [6.45, 7) is 0. The number of nitriles is 1. The van der Waals surface area contributed by atoms with E-state index in [4.69, 9.17) is 5.26 Å². The number of rotatable bonds is 2. The molecule has 0 bridgehead atoms. The largest absolute Gasteiger partial charge is 0.296 e. The third-order valence-corrected chi connectivity index (χ3v) is 2.89. The zero-order valence-electron chi connectivity index (χ0n) is 7.51. The molecule has 1 aromatic carbocycles. The van der Waals surface area contributed by atoms with Crippen molar-refractivity contribution in [3.8, 4) is 6.07 Å². The van der Waals surface area contributed by atoms with Gasteiger partial charge in [0.2, 0.25) is 0 Å². The van der Waals surface area contributed by atoms with E-state index in [1.165, 1.54) is 17.4 Å². The summed E-state index contributed by atoms with van der Waals surface area (Å²) in [7, 11) is 0. The Morgan fingerprint density at radius 1 is 1.60 bits per heavy atom. The van der Waals surface area contributed by atoms with Gasteiger partial charge in [-0.05, 0) is 6.07 Å². The van der Waals surface area contributed by atoms with Gasteiger partial charge in [0.15, 0.2) is 5.52 Å². The fourth-order valence-electron chi connectivity index (χ4n) is 1.27. The first kappa shape index (κ1) is 9.55. The van der Waals surface area contributed by atoms with Gasteiger partial charge in [-0.3, -0.25) is 10.1 Å². The van der Waals surface area contributed by atoms with Crippen LogP contribution in [-0.2, 0) is 6.42 Å². The van der Waals surface area contributed by atoms with Crippen molar-refractivity contribution in [3.63, 3.8) is 0 Å². The summed E-state index contributed by atoms with van der Waals surface area (Å²) in [5.74, 6) is 0. The third kappa shape index (κ3) is 1.65. The van der Waals surface area contributed by atoms with Crippen molar-refractivity contribution in [2.24, 2.45) is 0 Å². The van der Waals surface area contributed by atoms with Crippen LogP contribution in [0.3, 0.4) is 0 Å². The second-order valence-electron chi connectivity index (χ2n) is 2.82. The molecule has 0 aliphatic heterocycles. The van der Waals surface area contributed by atoms with E-state index < -0.39 is 4.92 Å². The lowest BCUT2D eigenvalue weighted by atomic mass is 10.3. The number of hydrogen-bond donors (Lipinski definition) is 0. The van der Waals surface area contributed by atoms with Gasteiger partial charge in [-0.2, -0.15) is 5.26 Å². The minimum atomic E-state index is -0.460. The predicted molar refractivity (Wildman–Crippen MR) is 55.6 cm³/mol. The van der Waals surface area contributed by atoms with E-state index >= 15 is 0 Å². The second-order valence-corrected chi connectivity index (χ2v) is 3.94. The number of aromatic nitrogens is 1. The summed E-state index contributed by atoms with van der Waals surface area (Å²) in [6, 6.07) is 6.77. The summed E-state index contributed by atoms with van der Waals surface area (Å²) in [5.41, 5.74) is 0.366. The molecule has 1 aromatic heterocycles. The molecular weight excluding hydrogens is 214 g/mol. The van der Waals surface area contributed by atoms with E-state index in [0.29, 0.717) is 10.5 Å². The normalized spacial score (nSPS) is 10.1. The topological polar surface area (TPSA) is 79.8 Å². The molecule has 0 spiro atoms. The number of nitro benzene ring substituents is 1. The standard InChI is InChI=1S/C9H5N3O2S/c10-5-4-8-11-9-6(12(13)14)2-1-3-7(9)15-8/h1-3H,4H2. The Labute approximate surface area is 88.7 Å². The zero-order chi connectivity index (χ0) is 10.8. The Bertz CT molecular complexity index is 570. The minimum Gasteiger partial charge on any atom is -0.258 e. The van der Waals surface area contributed by atoms with Gasteiger partial charge in [-0.25, -0.2) is 4.98 Å². The third-order valence-electron chi connectivity index (χ3n) is 1.87. The van der Waals surface area contributed by atoms with E-state index in [2.05, 4.69) is 4.98 Å². The molecule has 0 aliphatic carbocycles. The zero-order valence-corrected chi connectivity index (χ0v) is 8.32. The van der Waals surface area contributed by atoms with Crippen LogP contribution in [-0.4, -0.2) is 9.91 Å². The number of benzene rings is 1. The minimum absolute atomic E-state index is 0.00654. The molecule has 2 aromatic rings. The maximum Gasteiger partial charge on any atom is 0.296 e. The highest BCUT2D eigenvalue weighted by Gasteiger charge is 2.15. The molecule has 0 aliphatic rings. The Kier molecular flexibility index (Phi) is 2.31. The number of thiazole rings is 1. The Morgan fingerprint density at radius 2 is 2.40 bits per heavy atom. The van der Waals surface area contributed by atoms with Crippen LogP contribution in [0.1, 0.15) is 5.01 Å². The molecule has 2 rings (SSSR count). The van der Waals surface area contributed by atoms with Crippen molar-refractivity contribution >= 4 is 27.2 Å². The van der Waals surface area contributed by atoms with Crippen LogP contribution in [0.5, 0.6) is 0 Å². The van der Waals surface area contributed by atoms with Crippen molar-refractivity contribution in [2.45, 2.75) is 6.42 Å². The number of non-ortho nitro benzene ring substituents is 1. The van der Waals surface area contributed by atoms with Crippen LogP contribution < -0.4 is 0 Å². The monoisotopic (exact) mass is 219 g/mol. The van der Waals surface area contributed by atoms with Crippen LogP contribution >= 0.6 is 11.3 Å². The lowest BCUT2D eigenvalue weighted by molar-refractivity contribution is -0.383. The average Bonchev–Trinajstić information content (AvgIpc) is 2.59. The summed E-state index contributed by atoms with van der Waals surface area (Å²) in [5, 5.41) is 19.8. The average molecular weight is 219 g/mol. The van der Waals surface area contributed by atoms with Crippen molar-refractivity contribution in [1.29, 1.82) is 5.26 Å². The second kappa shape index (κ2) is 3.63. The fraction of sp³-hybridized carbons (Fsp3) is 0.111.